The third kappa shape index (κ3) is 3.33. The van der Waals surface area contributed by atoms with Crippen LogP contribution in [0.1, 0.15) is 30.4 Å². The van der Waals surface area contributed by atoms with Crippen LogP contribution in [0.15, 0.2) is 16.6 Å². The second-order valence-electron chi connectivity index (χ2n) is 4.80. The molecular weight excluding hydrogens is 294 g/mol. The van der Waals surface area contributed by atoms with Crippen LogP contribution in [0.2, 0.25) is 0 Å². The minimum Gasteiger partial charge on any atom is -0.378 e. The number of benzene rings is 1. The summed E-state index contributed by atoms with van der Waals surface area (Å²) < 4.78 is 6.51. The first-order valence-corrected chi connectivity index (χ1v) is 7.04. The van der Waals surface area contributed by atoms with Gasteiger partial charge in [-0.05, 0) is 49.9 Å². The van der Waals surface area contributed by atoms with Crippen LogP contribution in [-0.2, 0) is 9.53 Å². The lowest BCUT2D eigenvalue weighted by molar-refractivity contribution is -0.118. The van der Waals surface area contributed by atoms with E-state index in [1.807, 2.05) is 26.0 Å². The molecule has 1 aromatic carbocycles. The predicted octanol–water partition coefficient (Wildman–Crippen LogP) is 3.57. The van der Waals surface area contributed by atoms with E-state index in [1.54, 1.807) is 0 Å². The van der Waals surface area contributed by atoms with Gasteiger partial charge in [0.05, 0.1) is 12.5 Å². The second kappa shape index (κ2) is 5.85. The molecule has 1 fully saturated rings. The highest BCUT2D eigenvalue weighted by atomic mass is 79.9. The average molecular weight is 312 g/mol. The van der Waals surface area contributed by atoms with E-state index in [9.17, 15) is 4.79 Å². The van der Waals surface area contributed by atoms with Crippen molar-refractivity contribution in [3.05, 3.63) is 27.7 Å². The summed E-state index contributed by atoms with van der Waals surface area (Å²) in [7, 11) is 0. The largest absolute Gasteiger partial charge is 0.378 e. The number of halogens is 1. The molecule has 1 saturated heterocycles. The molecule has 1 N–H and O–H groups in total. The molecule has 1 aliphatic heterocycles. The first kappa shape index (κ1) is 13.6. The Morgan fingerprint density at radius 1 is 1.44 bits per heavy atom. The molecule has 1 heterocycles. The van der Waals surface area contributed by atoms with Crippen LogP contribution in [0, 0.1) is 13.8 Å². The number of aryl methyl sites for hydroxylation is 2. The van der Waals surface area contributed by atoms with Crippen molar-refractivity contribution in [3.8, 4) is 0 Å². The molecule has 0 aromatic heterocycles. The van der Waals surface area contributed by atoms with Crippen LogP contribution in [0.4, 0.5) is 5.69 Å². The van der Waals surface area contributed by atoms with Crippen LogP contribution < -0.4 is 5.32 Å². The molecule has 18 heavy (non-hydrogen) atoms. The lowest BCUT2D eigenvalue weighted by Gasteiger charge is -2.14. The molecule has 98 valence electrons. The number of hydrogen-bond acceptors (Lipinski definition) is 2. The van der Waals surface area contributed by atoms with Gasteiger partial charge in [-0.2, -0.15) is 0 Å². The number of ether oxygens (including phenoxy) is 1. The third-order valence-corrected chi connectivity index (χ3v) is 3.66. The number of anilines is 1. The Bertz CT molecular complexity index is 430. The molecular formula is C14H18BrNO2. The number of carbonyl (C=O) groups excluding carboxylic acids is 1. The van der Waals surface area contributed by atoms with Gasteiger partial charge in [-0.3, -0.25) is 4.79 Å². The van der Waals surface area contributed by atoms with Gasteiger partial charge in [-0.25, -0.2) is 0 Å². The summed E-state index contributed by atoms with van der Waals surface area (Å²) in [5.41, 5.74) is 3.06. The van der Waals surface area contributed by atoms with Gasteiger partial charge in [0.1, 0.15) is 0 Å². The maximum absolute atomic E-state index is 12.0. The van der Waals surface area contributed by atoms with Gasteiger partial charge in [-0.15, -0.1) is 0 Å². The van der Waals surface area contributed by atoms with Gasteiger partial charge in [-0.1, -0.05) is 15.9 Å². The lowest BCUT2D eigenvalue weighted by Crippen LogP contribution is -2.20. The molecule has 3 nitrogen and oxygen atoms in total. The first-order valence-electron chi connectivity index (χ1n) is 6.24. The Morgan fingerprint density at radius 3 is 2.67 bits per heavy atom. The smallest absolute Gasteiger partial charge is 0.227 e. The molecule has 1 aromatic rings. The van der Waals surface area contributed by atoms with Crippen molar-refractivity contribution in [2.45, 2.75) is 39.2 Å². The zero-order chi connectivity index (χ0) is 13.1. The SMILES string of the molecule is Cc1cc(Br)cc(C)c1NC(=O)CC1CCCO1. The maximum Gasteiger partial charge on any atom is 0.227 e. The average Bonchev–Trinajstić information content (AvgIpc) is 2.76. The molecule has 1 atom stereocenters. The normalized spacial score (nSPS) is 18.9. The van der Waals surface area contributed by atoms with Gasteiger partial charge in [0, 0.05) is 16.8 Å². The van der Waals surface area contributed by atoms with E-state index in [1.165, 1.54) is 0 Å². The summed E-state index contributed by atoms with van der Waals surface area (Å²) >= 11 is 3.45. The fourth-order valence-electron chi connectivity index (χ4n) is 2.31. The summed E-state index contributed by atoms with van der Waals surface area (Å²) in [5, 5.41) is 2.99. The molecule has 4 heteroatoms. The third-order valence-electron chi connectivity index (χ3n) is 3.20. The molecule has 0 aliphatic carbocycles. The van der Waals surface area contributed by atoms with E-state index < -0.39 is 0 Å². The Balaban J connectivity index is 2.02. The van der Waals surface area contributed by atoms with Crippen molar-refractivity contribution in [1.82, 2.24) is 0 Å². The first-order chi connectivity index (χ1) is 8.56. The highest BCUT2D eigenvalue weighted by Crippen LogP contribution is 2.25. The minimum absolute atomic E-state index is 0.0374. The summed E-state index contributed by atoms with van der Waals surface area (Å²) in [4.78, 5) is 12.0. The van der Waals surface area contributed by atoms with E-state index in [0.717, 1.165) is 40.7 Å². The van der Waals surface area contributed by atoms with E-state index >= 15 is 0 Å². The van der Waals surface area contributed by atoms with Gasteiger partial charge < -0.3 is 10.1 Å². The molecule has 1 amide bonds. The van der Waals surface area contributed by atoms with Gasteiger partial charge in [0.2, 0.25) is 5.91 Å². The maximum atomic E-state index is 12.0. The molecule has 1 unspecified atom stereocenters. The molecule has 1 aliphatic rings. The van der Waals surface area contributed by atoms with Crippen LogP contribution in [0.5, 0.6) is 0 Å². The monoisotopic (exact) mass is 311 g/mol. The van der Waals surface area contributed by atoms with E-state index in [-0.39, 0.29) is 12.0 Å². The zero-order valence-corrected chi connectivity index (χ0v) is 12.3. The Hall–Kier alpha value is -0.870. The van der Waals surface area contributed by atoms with Crippen molar-refractivity contribution < 1.29 is 9.53 Å². The van der Waals surface area contributed by atoms with E-state index in [4.69, 9.17) is 4.74 Å². The Kier molecular flexibility index (Phi) is 4.40. The highest BCUT2D eigenvalue weighted by molar-refractivity contribution is 9.10. The summed E-state index contributed by atoms with van der Waals surface area (Å²) in [6.07, 6.45) is 2.61. The van der Waals surface area contributed by atoms with Crippen LogP contribution in [-0.4, -0.2) is 18.6 Å². The Morgan fingerprint density at radius 2 is 2.11 bits per heavy atom. The van der Waals surface area contributed by atoms with Crippen molar-refractivity contribution >= 4 is 27.5 Å². The van der Waals surface area contributed by atoms with Gasteiger partial charge in [0.15, 0.2) is 0 Å². The molecule has 0 radical (unpaired) electrons. The highest BCUT2D eigenvalue weighted by Gasteiger charge is 2.19. The zero-order valence-electron chi connectivity index (χ0n) is 10.8. The molecule has 0 spiro atoms. The number of nitrogens with one attached hydrogen (secondary N) is 1. The van der Waals surface area contributed by atoms with Crippen molar-refractivity contribution in [2.75, 3.05) is 11.9 Å². The standard InChI is InChI=1S/C14H18BrNO2/c1-9-6-11(15)7-10(2)14(9)16-13(17)8-12-4-3-5-18-12/h6-7,12H,3-5,8H2,1-2H3,(H,16,17). The van der Waals surface area contributed by atoms with E-state index in [0.29, 0.717) is 6.42 Å². The fourth-order valence-corrected chi connectivity index (χ4v) is 3.00. The van der Waals surface area contributed by atoms with Crippen LogP contribution in [0.25, 0.3) is 0 Å². The van der Waals surface area contributed by atoms with Crippen molar-refractivity contribution in [3.63, 3.8) is 0 Å². The van der Waals surface area contributed by atoms with Crippen molar-refractivity contribution in [2.24, 2.45) is 0 Å². The second-order valence-corrected chi connectivity index (χ2v) is 5.72. The summed E-state index contributed by atoms with van der Waals surface area (Å²) in [6.45, 7) is 4.78. The number of rotatable bonds is 3. The Labute approximate surface area is 116 Å². The molecule has 2 rings (SSSR count). The quantitative estimate of drug-likeness (QED) is 0.926. The summed E-state index contributed by atoms with van der Waals surface area (Å²) in [5.74, 6) is 0.0374. The lowest BCUT2D eigenvalue weighted by atomic mass is 10.1. The summed E-state index contributed by atoms with van der Waals surface area (Å²) in [6, 6.07) is 4.02. The number of amides is 1. The molecule has 0 saturated carbocycles. The predicted molar refractivity (Wildman–Crippen MR) is 75.8 cm³/mol. The topological polar surface area (TPSA) is 38.3 Å². The van der Waals surface area contributed by atoms with Crippen LogP contribution >= 0.6 is 15.9 Å². The fraction of sp³-hybridized carbons (Fsp3) is 0.500. The number of carbonyl (C=O) groups is 1. The molecule has 0 bridgehead atoms. The number of hydrogen-bond donors (Lipinski definition) is 1. The van der Waals surface area contributed by atoms with E-state index in [2.05, 4.69) is 21.2 Å². The van der Waals surface area contributed by atoms with Gasteiger partial charge >= 0.3 is 0 Å². The minimum atomic E-state index is 0.0374. The van der Waals surface area contributed by atoms with Gasteiger partial charge in [0.25, 0.3) is 0 Å². The van der Waals surface area contributed by atoms with Crippen molar-refractivity contribution in [1.29, 1.82) is 0 Å². The van der Waals surface area contributed by atoms with Crippen LogP contribution in [0.3, 0.4) is 0 Å².